The Bertz CT molecular complexity index is 659. The van der Waals surface area contributed by atoms with Crippen LogP contribution in [0, 0.1) is 10.1 Å². The quantitative estimate of drug-likeness (QED) is 0.635. The lowest BCUT2D eigenvalue weighted by Gasteiger charge is -2.19. The predicted molar refractivity (Wildman–Crippen MR) is 78.8 cm³/mol. The Morgan fingerprint density at radius 2 is 2.10 bits per heavy atom. The maximum atomic E-state index is 12.1. The molecule has 9 heteroatoms. The van der Waals surface area contributed by atoms with E-state index in [0.717, 1.165) is 16.8 Å². The van der Waals surface area contributed by atoms with E-state index >= 15 is 0 Å². The summed E-state index contributed by atoms with van der Waals surface area (Å²) in [6, 6.07) is 3.96. The largest absolute Gasteiger partial charge is 0.364 e. The molecule has 0 amide bonds. The molecule has 0 spiro atoms. The minimum Gasteiger partial charge on any atom is -0.364 e. The van der Waals surface area contributed by atoms with E-state index in [-0.39, 0.29) is 16.6 Å². The second kappa shape index (κ2) is 5.58. The SMILES string of the molecule is CN(C)S(=O)(=O)c1ccc(N2CCC(N)C2)c([N+](=O)[O-])c1. The summed E-state index contributed by atoms with van der Waals surface area (Å²) in [6.07, 6.45) is 0.759. The van der Waals surface area contributed by atoms with Crippen LogP contribution in [0.2, 0.25) is 0 Å². The zero-order chi connectivity index (χ0) is 15.8. The van der Waals surface area contributed by atoms with E-state index in [9.17, 15) is 18.5 Å². The fraction of sp³-hybridized carbons (Fsp3) is 0.500. The Balaban J connectivity index is 2.48. The fourth-order valence-electron chi connectivity index (χ4n) is 2.29. The summed E-state index contributed by atoms with van der Waals surface area (Å²) in [7, 11) is -0.931. The molecule has 0 aromatic heterocycles. The molecule has 0 radical (unpaired) electrons. The summed E-state index contributed by atoms with van der Waals surface area (Å²) in [6.45, 7) is 1.16. The molecule has 0 aliphatic carbocycles. The molecule has 1 aliphatic heterocycles. The van der Waals surface area contributed by atoms with Gasteiger partial charge in [-0.1, -0.05) is 0 Å². The first-order valence-corrected chi connectivity index (χ1v) is 7.89. The fourth-order valence-corrected chi connectivity index (χ4v) is 3.22. The number of nitro groups is 1. The van der Waals surface area contributed by atoms with Crippen LogP contribution in [0.4, 0.5) is 11.4 Å². The topological polar surface area (TPSA) is 110 Å². The first-order chi connectivity index (χ1) is 9.73. The highest BCUT2D eigenvalue weighted by atomic mass is 32.2. The van der Waals surface area contributed by atoms with Gasteiger partial charge < -0.3 is 10.6 Å². The second-order valence-electron chi connectivity index (χ2n) is 5.19. The maximum Gasteiger partial charge on any atom is 0.293 e. The number of sulfonamides is 1. The molecule has 1 aromatic carbocycles. The zero-order valence-electron chi connectivity index (χ0n) is 11.9. The molecular weight excluding hydrogens is 296 g/mol. The second-order valence-corrected chi connectivity index (χ2v) is 7.34. The average Bonchev–Trinajstić information content (AvgIpc) is 2.84. The normalized spacial score (nSPS) is 19.2. The van der Waals surface area contributed by atoms with Crippen LogP contribution in [0.1, 0.15) is 6.42 Å². The Labute approximate surface area is 123 Å². The van der Waals surface area contributed by atoms with Gasteiger partial charge in [0.15, 0.2) is 0 Å². The lowest BCUT2D eigenvalue weighted by Crippen LogP contribution is -2.27. The van der Waals surface area contributed by atoms with E-state index in [4.69, 9.17) is 5.73 Å². The Morgan fingerprint density at radius 1 is 1.43 bits per heavy atom. The van der Waals surface area contributed by atoms with Crippen LogP contribution in [0.3, 0.4) is 0 Å². The van der Waals surface area contributed by atoms with E-state index in [0.29, 0.717) is 18.8 Å². The van der Waals surface area contributed by atoms with Gasteiger partial charge >= 0.3 is 0 Å². The van der Waals surface area contributed by atoms with Gasteiger partial charge in [-0.05, 0) is 18.6 Å². The van der Waals surface area contributed by atoms with Gasteiger partial charge in [0.05, 0.1) is 9.82 Å². The molecule has 0 saturated carbocycles. The molecular formula is C12H18N4O4S. The van der Waals surface area contributed by atoms with E-state index in [2.05, 4.69) is 0 Å². The van der Waals surface area contributed by atoms with Crippen molar-refractivity contribution in [2.75, 3.05) is 32.1 Å². The standard InChI is InChI=1S/C12H18N4O4S/c1-14(2)21(19,20)10-3-4-11(12(7-10)16(17)18)15-6-5-9(13)8-15/h3-4,7,9H,5-6,8,13H2,1-2H3. The van der Waals surface area contributed by atoms with Gasteiger partial charge in [-0.25, -0.2) is 12.7 Å². The monoisotopic (exact) mass is 314 g/mol. The molecule has 1 aliphatic rings. The lowest BCUT2D eigenvalue weighted by molar-refractivity contribution is -0.384. The van der Waals surface area contributed by atoms with Crippen molar-refractivity contribution in [1.82, 2.24) is 4.31 Å². The summed E-state index contributed by atoms with van der Waals surface area (Å²) in [5.74, 6) is 0. The third kappa shape index (κ3) is 2.99. The van der Waals surface area contributed by atoms with Gasteiger partial charge in [0.2, 0.25) is 10.0 Å². The number of hydrogen-bond acceptors (Lipinski definition) is 6. The van der Waals surface area contributed by atoms with E-state index in [1.54, 1.807) is 0 Å². The first kappa shape index (κ1) is 15.7. The maximum absolute atomic E-state index is 12.1. The third-order valence-electron chi connectivity index (χ3n) is 3.49. The number of hydrogen-bond donors (Lipinski definition) is 1. The lowest BCUT2D eigenvalue weighted by atomic mass is 10.2. The van der Waals surface area contributed by atoms with Crippen molar-refractivity contribution in [2.24, 2.45) is 5.73 Å². The van der Waals surface area contributed by atoms with Gasteiger partial charge in [-0.2, -0.15) is 0 Å². The van der Waals surface area contributed by atoms with Crippen LogP contribution in [-0.2, 0) is 10.0 Å². The smallest absolute Gasteiger partial charge is 0.293 e. The van der Waals surface area contributed by atoms with Gasteiger partial charge in [0.25, 0.3) is 5.69 Å². The van der Waals surface area contributed by atoms with Crippen molar-refractivity contribution in [1.29, 1.82) is 0 Å². The third-order valence-corrected chi connectivity index (χ3v) is 5.30. The summed E-state index contributed by atoms with van der Waals surface area (Å²) in [5.41, 5.74) is 6.01. The van der Waals surface area contributed by atoms with E-state index in [1.165, 1.54) is 26.2 Å². The molecule has 21 heavy (non-hydrogen) atoms. The van der Waals surface area contributed by atoms with E-state index < -0.39 is 14.9 Å². The molecule has 8 nitrogen and oxygen atoms in total. The van der Waals surface area contributed by atoms with Crippen molar-refractivity contribution < 1.29 is 13.3 Å². The summed E-state index contributed by atoms with van der Waals surface area (Å²) < 4.78 is 25.1. The zero-order valence-corrected chi connectivity index (χ0v) is 12.7. The molecule has 2 N–H and O–H groups in total. The first-order valence-electron chi connectivity index (χ1n) is 6.45. The Hall–Kier alpha value is -1.71. The molecule has 116 valence electrons. The van der Waals surface area contributed by atoms with Crippen molar-refractivity contribution >= 4 is 21.4 Å². The van der Waals surface area contributed by atoms with Crippen molar-refractivity contribution in [3.05, 3.63) is 28.3 Å². The van der Waals surface area contributed by atoms with Crippen molar-refractivity contribution in [3.63, 3.8) is 0 Å². The minimum atomic E-state index is -3.70. The van der Waals surface area contributed by atoms with Crippen LogP contribution in [0.15, 0.2) is 23.1 Å². The number of rotatable bonds is 4. The van der Waals surface area contributed by atoms with Gasteiger partial charge in [-0.15, -0.1) is 0 Å². The predicted octanol–water partition coefficient (Wildman–Crippen LogP) is 0.383. The molecule has 1 saturated heterocycles. The molecule has 1 aromatic rings. The molecule has 0 bridgehead atoms. The van der Waals surface area contributed by atoms with Crippen molar-refractivity contribution in [3.8, 4) is 0 Å². The molecule has 1 atom stereocenters. The van der Waals surface area contributed by atoms with E-state index in [1.807, 2.05) is 4.90 Å². The van der Waals surface area contributed by atoms with Crippen LogP contribution in [-0.4, -0.2) is 50.9 Å². The van der Waals surface area contributed by atoms with Crippen molar-refractivity contribution in [2.45, 2.75) is 17.4 Å². The number of benzene rings is 1. The summed E-state index contributed by atoms with van der Waals surface area (Å²) in [4.78, 5) is 12.4. The van der Waals surface area contributed by atoms with Gasteiger partial charge in [0.1, 0.15) is 5.69 Å². The van der Waals surface area contributed by atoms with Gasteiger partial charge in [0, 0.05) is 39.3 Å². The molecule has 1 fully saturated rings. The highest BCUT2D eigenvalue weighted by molar-refractivity contribution is 7.89. The van der Waals surface area contributed by atoms with Crippen LogP contribution in [0.25, 0.3) is 0 Å². The minimum absolute atomic E-state index is 0.0187. The molecule has 2 rings (SSSR count). The number of nitrogens with zero attached hydrogens (tertiary/aromatic N) is 3. The summed E-state index contributed by atoms with van der Waals surface area (Å²) in [5, 5.41) is 11.2. The average molecular weight is 314 g/mol. The highest BCUT2D eigenvalue weighted by Gasteiger charge is 2.28. The number of nitrogens with two attached hydrogens (primary N) is 1. The molecule has 1 heterocycles. The van der Waals surface area contributed by atoms with Crippen LogP contribution in [0.5, 0.6) is 0 Å². The highest BCUT2D eigenvalue weighted by Crippen LogP contribution is 2.33. The number of anilines is 1. The van der Waals surface area contributed by atoms with Crippen LogP contribution < -0.4 is 10.6 Å². The molecule has 1 unspecified atom stereocenters. The van der Waals surface area contributed by atoms with Gasteiger partial charge in [-0.3, -0.25) is 10.1 Å². The summed E-state index contributed by atoms with van der Waals surface area (Å²) >= 11 is 0. The van der Waals surface area contributed by atoms with Crippen LogP contribution >= 0.6 is 0 Å². The Kier molecular flexibility index (Phi) is 4.17. The Morgan fingerprint density at radius 3 is 2.57 bits per heavy atom. The number of nitro benzene ring substituents is 1.